The molecule has 3 aromatic carbocycles. The van der Waals surface area contributed by atoms with Crippen LogP contribution >= 0.6 is 0 Å². The molecule has 4 heterocycles. The molecule has 68 heavy (non-hydrogen) atoms. The Bertz CT molecular complexity index is 2550. The van der Waals surface area contributed by atoms with Gasteiger partial charge < -0.3 is 31.9 Å². The summed E-state index contributed by atoms with van der Waals surface area (Å²) in [4.78, 5) is 108. The normalized spacial score (nSPS) is 23.7. The minimum atomic E-state index is -1.10. The van der Waals surface area contributed by atoms with Crippen molar-refractivity contribution in [3.8, 4) is 0 Å². The summed E-state index contributed by atoms with van der Waals surface area (Å²) in [5.74, 6) is -1.99. The van der Waals surface area contributed by atoms with Gasteiger partial charge in [-0.05, 0) is 98.4 Å². The highest BCUT2D eigenvalue weighted by Gasteiger charge is 2.45. The Kier molecular flexibility index (Phi) is 14.9. The van der Waals surface area contributed by atoms with E-state index in [0.29, 0.717) is 49.6 Å². The number of carbonyl (C=O) groups excluding carboxylic acids is 7. The first-order chi connectivity index (χ1) is 32.7. The predicted octanol–water partition coefficient (Wildman–Crippen LogP) is 3.02. The SMILES string of the molecule is Cn1c(=O)n(C2CCC(=O)NC2=O)c2ccc(CC3CCC(CCC(=O)N4CC[C@H]5CC[C@@H](C(=O)N[C@@H](CCC(N)=O)C(=O)NC(c6ccccc6)c6ccccc6)N5C(=O)[C@@H](N)C4)CC3)cc21. The number of nitrogens with zero attached hydrogens (tertiary/aromatic N) is 4. The molecule has 360 valence electrons. The number of fused-ring (bicyclic) bond motifs is 2. The summed E-state index contributed by atoms with van der Waals surface area (Å²) >= 11 is 0. The number of carbonyl (C=O) groups is 7. The van der Waals surface area contributed by atoms with Crippen LogP contribution < -0.4 is 33.1 Å². The minimum Gasteiger partial charge on any atom is -0.370 e. The van der Waals surface area contributed by atoms with Gasteiger partial charge in [0, 0.05) is 45.4 Å². The number of nitrogens with two attached hydrogens (primary N) is 2. The molecular weight excluding hydrogens is 867 g/mol. The summed E-state index contributed by atoms with van der Waals surface area (Å²) in [5.41, 5.74) is 15.9. The number of nitrogens with one attached hydrogen (secondary N) is 3. The van der Waals surface area contributed by atoms with Gasteiger partial charge in [0.2, 0.25) is 41.4 Å². The summed E-state index contributed by atoms with van der Waals surface area (Å²) in [6.45, 7) is 0.442. The van der Waals surface area contributed by atoms with E-state index in [1.54, 1.807) is 21.4 Å². The quantitative estimate of drug-likeness (QED) is 0.110. The highest BCUT2D eigenvalue weighted by molar-refractivity contribution is 6.00. The molecule has 1 aliphatic carbocycles. The third-order valence-corrected chi connectivity index (χ3v) is 14.7. The molecule has 0 spiro atoms. The first-order valence-corrected chi connectivity index (χ1v) is 24.1. The van der Waals surface area contributed by atoms with Crippen LogP contribution in [0, 0.1) is 11.8 Å². The van der Waals surface area contributed by atoms with Gasteiger partial charge in [0.15, 0.2) is 0 Å². The Labute approximate surface area is 395 Å². The number of imide groups is 1. The first-order valence-electron chi connectivity index (χ1n) is 24.1. The maximum Gasteiger partial charge on any atom is 0.329 e. The van der Waals surface area contributed by atoms with E-state index in [1.165, 1.54) is 4.57 Å². The number of primary amides is 1. The van der Waals surface area contributed by atoms with Gasteiger partial charge in [-0.15, -0.1) is 0 Å². The molecule has 7 N–H and O–H groups in total. The molecular formula is C51H63N9O8. The average Bonchev–Trinajstić information content (AvgIpc) is 3.87. The number of hydrogen-bond donors (Lipinski definition) is 5. The van der Waals surface area contributed by atoms with E-state index in [4.69, 9.17) is 11.5 Å². The maximum atomic E-state index is 14.1. The van der Waals surface area contributed by atoms with Gasteiger partial charge in [0.25, 0.3) is 0 Å². The van der Waals surface area contributed by atoms with Crippen LogP contribution in [0.4, 0.5) is 0 Å². The van der Waals surface area contributed by atoms with E-state index in [-0.39, 0.29) is 55.8 Å². The number of aromatic nitrogens is 2. The van der Waals surface area contributed by atoms with Crippen LogP contribution in [0.25, 0.3) is 11.0 Å². The van der Waals surface area contributed by atoms with Gasteiger partial charge in [0.1, 0.15) is 24.2 Å². The van der Waals surface area contributed by atoms with Crippen LogP contribution in [-0.2, 0) is 47.0 Å². The van der Waals surface area contributed by atoms with Crippen LogP contribution in [0.3, 0.4) is 0 Å². The smallest absolute Gasteiger partial charge is 0.329 e. The van der Waals surface area contributed by atoms with Crippen molar-refractivity contribution in [2.45, 2.75) is 126 Å². The van der Waals surface area contributed by atoms with Crippen LogP contribution in [-0.4, -0.2) is 97.5 Å². The topological polar surface area (TPSA) is 241 Å². The Morgan fingerprint density at radius 3 is 2.12 bits per heavy atom. The molecule has 7 amide bonds. The standard InChI is InChI=1S/C51H63N9O8/c1-57-42-29-33(16-20-39(42)60(51(57)68)41-22-24-44(62)55-49(41)66)28-32-14-12-31(13-15-32)17-25-45(63)58-27-26-36-18-21-40(59(36)50(67)37(52)30-58)48(65)54-38(19-23-43(53)61)47(64)56-46(34-8-4-2-5-9-34)35-10-6-3-7-11-35/h2-11,16,20,29,31-32,36-38,40-41,46H,12-15,17-19,21-28,30,52H2,1H3,(H2,53,61)(H,54,65)(H,56,64)(H,55,62,66)/t31?,32?,36-,37+,38+,40+,41?/m1/s1. The van der Waals surface area contributed by atoms with E-state index in [1.807, 2.05) is 78.9 Å². The lowest BCUT2D eigenvalue weighted by Crippen LogP contribution is -2.60. The van der Waals surface area contributed by atoms with Gasteiger partial charge in [-0.2, -0.15) is 0 Å². The van der Waals surface area contributed by atoms with E-state index in [9.17, 15) is 38.4 Å². The molecule has 8 rings (SSSR count). The average molecular weight is 930 g/mol. The third-order valence-electron chi connectivity index (χ3n) is 14.7. The fourth-order valence-electron chi connectivity index (χ4n) is 10.9. The van der Waals surface area contributed by atoms with Crippen LogP contribution in [0.1, 0.15) is 112 Å². The van der Waals surface area contributed by atoms with Crippen LogP contribution in [0.2, 0.25) is 0 Å². The van der Waals surface area contributed by atoms with Gasteiger partial charge in [-0.25, -0.2) is 4.79 Å². The van der Waals surface area contributed by atoms with E-state index in [0.717, 1.165) is 60.7 Å². The molecule has 5 atom stereocenters. The van der Waals surface area contributed by atoms with Crippen molar-refractivity contribution in [3.05, 3.63) is 106 Å². The lowest BCUT2D eigenvalue weighted by Gasteiger charge is -2.38. The number of piperidine rings is 1. The molecule has 1 aromatic heterocycles. The minimum absolute atomic E-state index is 0.0292. The number of aryl methyl sites for hydroxylation is 1. The van der Waals surface area contributed by atoms with Crippen molar-refractivity contribution in [2.24, 2.45) is 30.4 Å². The highest BCUT2D eigenvalue weighted by atomic mass is 16.2. The fraction of sp³-hybridized carbons (Fsp3) is 0.490. The molecule has 0 radical (unpaired) electrons. The Morgan fingerprint density at radius 2 is 1.46 bits per heavy atom. The van der Waals surface area contributed by atoms with E-state index in [2.05, 4.69) is 16.0 Å². The van der Waals surface area contributed by atoms with Crippen molar-refractivity contribution in [1.82, 2.24) is 34.9 Å². The summed E-state index contributed by atoms with van der Waals surface area (Å²) in [6, 6.07) is 20.3. The lowest BCUT2D eigenvalue weighted by molar-refractivity contribution is -0.145. The Balaban J connectivity index is 0.826. The van der Waals surface area contributed by atoms with Gasteiger partial charge in [-0.1, -0.05) is 79.6 Å². The van der Waals surface area contributed by atoms with E-state index < -0.39 is 59.7 Å². The second kappa shape index (κ2) is 21.1. The fourth-order valence-corrected chi connectivity index (χ4v) is 10.9. The second-order valence-corrected chi connectivity index (χ2v) is 19.2. The molecule has 4 aromatic rings. The Hall–Kier alpha value is -6.62. The number of benzene rings is 3. The van der Waals surface area contributed by atoms with Gasteiger partial charge >= 0.3 is 5.69 Å². The van der Waals surface area contributed by atoms with Crippen molar-refractivity contribution < 1.29 is 33.6 Å². The molecule has 17 heteroatoms. The van der Waals surface area contributed by atoms with Gasteiger partial charge in [-0.3, -0.25) is 48.0 Å². The molecule has 3 aliphatic heterocycles. The van der Waals surface area contributed by atoms with Crippen LogP contribution in [0.15, 0.2) is 83.7 Å². The van der Waals surface area contributed by atoms with Crippen LogP contribution in [0.5, 0.6) is 0 Å². The highest BCUT2D eigenvalue weighted by Crippen LogP contribution is 2.35. The zero-order chi connectivity index (χ0) is 48.1. The molecule has 4 aliphatic rings. The molecule has 0 bridgehead atoms. The first kappa shape index (κ1) is 47.9. The second-order valence-electron chi connectivity index (χ2n) is 19.2. The number of amides is 7. The van der Waals surface area contributed by atoms with Gasteiger partial charge in [0.05, 0.1) is 17.1 Å². The molecule has 17 nitrogen and oxygen atoms in total. The Morgan fingerprint density at radius 1 is 0.779 bits per heavy atom. The third kappa shape index (κ3) is 10.7. The molecule has 4 fully saturated rings. The van der Waals surface area contributed by atoms with E-state index >= 15 is 0 Å². The summed E-state index contributed by atoms with van der Waals surface area (Å²) in [5, 5.41) is 8.27. The zero-order valence-electron chi connectivity index (χ0n) is 38.6. The molecule has 1 saturated carbocycles. The molecule has 3 saturated heterocycles. The zero-order valence-corrected chi connectivity index (χ0v) is 38.6. The molecule has 1 unspecified atom stereocenters. The number of rotatable bonds is 15. The largest absolute Gasteiger partial charge is 0.370 e. The van der Waals surface area contributed by atoms with Crippen molar-refractivity contribution in [2.75, 3.05) is 13.1 Å². The monoisotopic (exact) mass is 929 g/mol. The van der Waals surface area contributed by atoms with Crippen molar-refractivity contribution in [3.63, 3.8) is 0 Å². The number of imidazole rings is 1. The maximum absolute atomic E-state index is 14.1. The summed E-state index contributed by atoms with van der Waals surface area (Å²) in [6.07, 6.45) is 7.66. The predicted molar refractivity (Wildman–Crippen MR) is 253 cm³/mol. The lowest BCUT2D eigenvalue weighted by atomic mass is 9.77. The summed E-state index contributed by atoms with van der Waals surface area (Å²) in [7, 11) is 1.70. The summed E-state index contributed by atoms with van der Waals surface area (Å²) < 4.78 is 3.06. The number of hydrogen-bond acceptors (Lipinski definition) is 9. The van der Waals surface area contributed by atoms with Crippen molar-refractivity contribution >= 4 is 52.4 Å². The van der Waals surface area contributed by atoms with Crippen molar-refractivity contribution in [1.29, 1.82) is 0 Å².